The SMILES string of the molecule is OCC[C@H](NC1CC1)c1cnccn1. The first kappa shape index (κ1) is 9.55. The predicted octanol–water partition coefficient (Wildman–Crippen LogP) is 0.652. The number of nitrogens with zero attached hydrogens (tertiary/aromatic N) is 2. The third-order valence-electron chi connectivity index (χ3n) is 2.37. The molecular weight excluding hydrogens is 178 g/mol. The molecule has 0 amide bonds. The van der Waals surface area contributed by atoms with Gasteiger partial charge in [-0.25, -0.2) is 0 Å². The van der Waals surface area contributed by atoms with Crippen LogP contribution < -0.4 is 5.32 Å². The van der Waals surface area contributed by atoms with Crippen molar-refractivity contribution in [2.75, 3.05) is 6.61 Å². The van der Waals surface area contributed by atoms with Gasteiger partial charge in [0.1, 0.15) is 0 Å². The minimum atomic E-state index is 0.154. The van der Waals surface area contributed by atoms with Crippen LogP contribution in [0, 0.1) is 0 Å². The molecule has 1 aliphatic rings. The Morgan fingerprint density at radius 2 is 2.36 bits per heavy atom. The summed E-state index contributed by atoms with van der Waals surface area (Å²) < 4.78 is 0. The van der Waals surface area contributed by atoms with Gasteiger partial charge in [-0.15, -0.1) is 0 Å². The average molecular weight is 193 g/mol. The fraction of sp³-hybridized carbons (Fsp3) is 0.600. The zero-order chi connectivity index (χ0) is 9.80. The van der Waals surface area contributed by atoms with Gasteiger partial charge >= 0.3 is 0 Å². The highest BCUT2D eigenvalue weighted by molar-refractivity contribution is 5.04. The maximum Gasteiger partial charge on any atom is 0.0757 e. The van der Waals surface area contributed by atoms with Crippen LogP contribution >= 0.6 is 0 Å². The number of rotatable bonds is 5. The van der Waals surface area contributed by atoms with E-state index in [1.807, 2.05) is 0 Å². The van der Waals surface area contributed by atoms with Crippen molar-refractivity contribution in [1.82, 2.24) is 15.3 Å². The summed E-state index contributed by atoms with van der Waals surface area (Å²) >= 11 is 0. The highest BCUT2D eigenvalue weighted by Gasteiger charge is 2.25. The summed E-state index contributed by atoms with van der Waals surface area (Å²) in [6, 6.07) is 0.773. The molecule has 0 spiro atoms. The van der Waals surface area contributed by atoms with Gasteiger partial charge in [-0.1, -0.05) is 0 Å². The van der Waals surface area contributed by atoms with Gasteiger partial charge in [0.25, 0.3) is 0 Å². The Labute approximate surface area is 83.4 Å². The Balaban J connectivity index is 2.01. The lowest BCUT2D eigenvalue weighted by molar-refractivity contribution is 0.263. The molecule has 14 heavy (non-hydrogen) atoms. The number of aromatic nitrogens is 2. The second-order valence-corrected chi connectivity index (χ2v) is 3.64. The van der Waals surface area contributed by atoms with Crippen LogP contribution in [0.4, 0.5) is 0 Å². The van der Waals surface area contributed by atoms with Crippen LogP contribution in [-0.2, 0) is 0 Å². The van der Waals surface area contributed by atoms with Gasteiger partial charge in [0.2, 0.25) is 0 Å². The smallest absolute Gasteiger partial charge is 0.0757 e. The topological polar surface area (TPSA) is 58.0 Å². The molecule has 1 aliphatic carbocycles. The zero-order valence-electron chi connectivity index (χ0n) is 8.06. The van der Waals surface area contributed by atoms with E-state index in [1.54, 1.807) is 18.6 Å². The molecule has 1 aromatic heterocycles. The average Bonchev–Trinajstić information content (AvgIpc) is 3.03. The Morgan fingerprint density at radius 3 is 2.93 bits per heavy atom. The fourth-order valence-electron chi connectivity index (χ4n) is 1.47. The zero-order valence-corrected chi connectivity index (χ0v) is 8.06. The van der Waals surface area contributed by atoms with Crippen LogP contribution in [0.3, 0.4) is 0 Å². The van der Waals surface area contributed by atoms with Crippen molar-refractivity contribution in [3.63, 3.8) is 0 Å². The molecule has 1 heterocycles. The van der Waals surface area contributed by atoms with Gasteiger partial charge < -0.3 is 10.4 Å². The molecule has 1 atom stereocenters. The molecule has 2 N–H and O–H groups in total. The second-order valence-electron chi connectivity index (χ2n) is 3.64. The van der Waals surface area contributed by atoms with E-state index in [4.69, 9.17) is 5.11 Å². The summed E-state index contributed by atoms with van der Waals surface area (Å²) in [5.41, 5.74) is 0.924. The molecule has 4 heteroatoms. The summed E-state index contributed by atoms with van der Waals surface area (Å²) in [6.07, 6.45) is 8.29. The van der Waals surface area contributed by atoms with Gasteiger partial charge in [0, 0.05) is 31.2 Å². The van der Waals surface area contributed by atoms with Crippen LogP contribution in [0.2, 0.25) is 0 Å². The van der Waals surface area contributed by atoms with E-state index in [1.165, 1.54) is 12.8 Å². The van der Waals surface area contributed by atoms with Gasteiger partial charge in [0.05, 0.1) is 11.7 Å². The molecule has 0 bridgehead atoms. The van der Waals surface area contributed by atoms with Crippen molar-refractivity contribution < 1.29 is 5.11 Å². The predicted molar refractivity (Wildman–Crippen MR) is 52.6 cm³/mol. The van der Waals surface area contributed by atoms with E-state index in [9.17, 15) is 0 Å². The molecule has 2 rings (SSSR count). The molecule has 0 saturated heterocycles. The van der Waals surface area contributed by atoms with E-state index in [0.717, 1.165) is 5.69 Å². The lowest BCUT2D eigenvalue weighted by Crippen LogP contribution is -2.25. The molecule has 1 saturated carbocycles. The standard InChI is InChI=1S/C10H15N3O/c14-6-3-9(13-8-1-2-8)10-7-11-4-5-12-10/h4-5,7-9,13-14H,1-3,6H2/t9-/m0/s1. The molecule has 1 fully saturated rings. The summed E-state index contributed by atoms with van der Waals surface area (Å²) in [5, 5.41) is 12.4. The first-order chi connectivity index (χ1) is 6.90. The number of hydrogen-bond donors (Lipinski definition) is 2. The van der Waals surface area contributed by atoms with Crippen LogP contribution in [0.1, 0.15) is 31.0 Å². The van der Waals surface area contributed by atoms with E-state index < -0.39 is 0 Å². The number of nitrogens with one attached hydrogen (secondary N) is 1. The largest absolute Gasteiger partial charge is 0.396 e. The Hall–Kier alpha value is -1.00. The number of aliphatic hydroxyl groups excluding tert-OH is 1. The lowest BCUT2D eigenvalue weighted by Gasteiger charge is -2.16. The summed E-state index contributed by atoms with van der Waals surface area (Å²) in [4.78, 5) is 8.27. The molecule has 1 aromatic rings. The summed E-state index contributed by atoms with van der Waals surface area (Å²) in [7, 11) is 0. The monoisotopic (exact) mass is 193 g/mol. The van der Waals surface area contributed by atoms with Crippen molar-refractivity contribution in [2.24, 2.45) is 0 Å². The molecule has 4 nitrogen and oxygen atoms in total. The van der Waals surface area contributed by atoms with Crippen molar-refractivity contribution in [3.05, 3.63) is 24.3 Å². The van der Waals surface area contributed by atoms with Crippen LogP contribution in [0.5, 0.6) is 0 Å². The van der Waals surface area contributed by atoms with Crippen LogP contribution in [0.25, 0.3) is 0 Å². The van der Waals surface area contributed by atoms with Gasteiger partial charge in [-0.05, 0) is 19.3 Å². The molecule has 0 unspecified atom stereocenters. The molecule has 76 valence electrons. The summed E-state index contributed by atoms with van der Waals surface area (Å²) in [5.74, 6) is 0. The number of hydrogen-bond acceptors (Lipinski definition) is 4. The Bertz CT molecular complexity index is 274. The maximum atomic E-state index is 8.94. The van der Waals surface area contributed by atoms with Crippen LogP contribution in [0.15, 0.2) is 18.6 Å². The normalized spacial score (nSPS) is 18.1. The number of aliphatic hydroxyl groups is 1. The molecule has 0 aliphatic heterocycles. The Kier molecular flexibility index (Phi) is 3.06. The summed E-state index contributed by atoms with van der Waals surface area (Å²) in [6.45, 7) is 0.182. The highest BCUT2D eigenvalue weighted by atomic mass is 16.3. The van der Waals surface area contributed by atoms with E-state index >= 15 is 0 Å². The molecular formula is C10H15N3O. The van der Waals surface area contributed by atoms with Crippen molar-refractivity contribution in [2.45, 2.75) is 31.3 Å². The van der Waals surface area contributed by atoms with Crippen molar-refractivity contribution >= 4 is 0 Å². The van der Waals surface area contributed by atoms with E-state index in [2.05, 4.69) is 15.3 Å². The van der Waals surface area contributed by atoms with Gasteiger partial charge in [-0.3, -0.25) is 9.97 Å². The third-order valence-corrected chi connectivity index (χ3v) is 2.37. The fourth-order valence-corrected chi connectivity index (χ4v) is 1.47. The minimum absolute atomic E-state index is 0.154. The first-order valence-electron chi connectivity index (χ1n) is 5.03. The van der Waals surface area contributed by atoms with Gasteiger partial charge in [-0.2, -0.15) is 0 Å². The van der Waals surface area contributed by atoms with E-state index in [0.29, 0.717) is 12.5 Å². The second kappa shape index (κ2) is 4.48. The molecule has 0 aromatic carbocycles. The van der Waals surface area contributed by atoms with E-state index in [-0.39, 0.29) is 12.6 Å². The highest BCUT2D eigenvalue weighted by Crippen LogP contribution is 2.24. The Morgan fingerprint density at radius 1 is 1.50 bits per heavy atom. The third kappa shape index (κ3) is 2.49. The molecule has 0 radical (unpaired) electrons. The lowest BCUT2D eigenvalue weighted by atomic mass is 10.1. The maximum absolute atomic E-state index is 8.94. The van der Waals surface area contributed by atoms with Crippen LogP contribution in [-0.4, -0.2) is 27.7 Å². The van der Waals surface area contributed by atoms with Gasteiger partial charge in [0.15, 0.2) is 0 Å². The van der Waals surface area contributed by atoms with Crippen molar-refractivity contribution in [3.8, 4) is 0 Å². The van der Waals surface area contributed by atoms with Crippen molar-refractivity contribution in [1.29, 1.82) is 0 Å². The first-order valence-corrected chi connectivity index (χ1v) is 5.03. The quantitative estimate of drug-likeness (QED) is 0.721. The minimum Gasteiger partial charge on any atom is -0.396 e.